The Kier molecular flexibility index (Phi) is 3.55. The zero-order chi connectivity index (χ0) is 15.9. The summed E-state index contributed by atoms with van der Waals surface area (Å²) < 4.78 is 0. The van der Waals surface area contributed by atoms with Crippen LogP contribution in [0.2, 0.25) is 0 Å². The largest absolute Gasteiger partial charge is 0.309 e. The fourth-order valence-electron chi connectivity index (χ4n) is 4.95. The summed E-state index contributed by atoms with van der Waals surface area (Å²) in [5.74, 6) is 0. The fraction of sp³-hybridized carbons (Fsp3) is 0.429. The normalized spacial score (nSPS) is 36.6. The molecule has 2 saturated heterocycles. The molecular weight excluding hydrogens is 280 g/mol. The minimum atomic E-state index is 0.250. The molecular formula is C21H26N2. The van der Waals surface area contributed by atoms with Crippen molar-refractivity contribution in [3.05, 3.63) is 71.8 Å². The van der Waals surface area contributed by atoms with E-state index in [-0.39, 0.29) is 10.8 Å². The minimum absolute atomic E-state index is 0.250. The van der Waals surface area contributed by atoms with Gasteiger partial charge in [-0.1, -0.05) is 74.5 Å². The minimum Gasteiger partial charge on any atom is -0.309 e. The quantitative estimate of drug-likeness (QED) is 0.873. The van der Waals surface area contributed by atoms with E-state index in [0.717, 1.165) is 13.1 Å². The number of rotatable bonds is 2. The van der Waals surface area contributed by atoms with Crippen molar-refractivity contribution in [2.75, 3.05) is 13.1 Å². The number of nitrogens with one attached hydrogen (secondary N) is 2. The van der Waals surface area contributed by atoms with Crippen LogP contribution >= 0.6 is 0 Å². The van der Waals surface area contributed by atoms with Gasteiger partial charge >= 0.3 is 0 Å². The molecule has 0 aromatic heterocycles. The Morgan fingerprint density at radius 2 is 1.09 bits per heavy atom. The molecule has 2 unspecified atom stereocenters. The van der Waals surface area contributed by atoms with Gasteiger partial charge in [-0.05, 0) is 17.5 Å². The predicted octanol–water partition coefficient (Wildman–Crippen LogP) is 4.08. The lowest BCUT2D eigenvalue weighted by Crippen LogP contribution is -2.62. The molecule has 0 amide bonds. The number of hydrogen-bond donors (Lipinski definition) is 2. The summed E-state index contributed by atoms with van der Waals surface area (Å²) in [6.07, 6.45) is 1.25. The fourth-order valence-corrected chi connectivity index (χ4v) is 4.95. The van der Waals surface area contributed by atoms with Gasteiger partial charge in [-0.15, -0.1) is 0 Å². The summed E-state index contributed by atoms with van der Waals surface area (Å²) in [5.41, 5.74) is 3.33. The maximum atomic E-state index is 3.88. The zero-order valence-electron chi connectivity index (χ0n) is 14.0. The maximum Gasteiger partial charge on any atom is 0.0387 e. The second-order valence-corrected chi connectivity index (χ2v) is 7.93. The van der Waals surface area contributed by atoms with Crippen LogP contribution in [-0.4, -0.2) is 13.1 Å². The lowest BCUT2D eigenvalue weighted by molar-refractivity contribution is -0.0160. The molecule has 2 N–H and O–H groups in total. The van der Waals surface area contributed by atoms with Crippen LogP contribution in [0, 0.1) is 10.8 Å². The van der Waals surface area contributed by atoms with Crippen molar-refractivity contribution in [1.82, 2.24) is 10.6 Å². The maximum absolute atomic E-state index is 3.88. The molecule has 2 aliphatic rings. The average Bonchev–Trinajstić information content (AvgIpc) is 2.56. The van der Waals surface area contributed by atoms with E-state index in [4.69, 9.17) is 0 Å². The highest BCUT2D eigenvalue weighted by Crippen LogP contribution is 2.54. The third-order valence-electron chi connectivity index (χ3n) is 5.89. The molecule has 4 rings (SSSR count). The van der Waals surface area contributed by atoms with Crippen molar-refractivity contribution in [2.24, 2.45) is 10.8 Å². The van der Waals surface area contributed by atoms with Crippen molar-refractivity contribution >= 4 is 0 Å². The molecule has 0 radical (unpaired) electrons. The predicted molar refractivity (Wildman–Crippen MR) is 95.2 cm³/mol. The van der Waals surface area contributed by atoms with E-state index in [9.17, 15) is 0 Å². The van der Waals surface area contributed by atoms with Gasteiger partial charge in [0.25, 0.3) is 0 Å². The first kappa shape index (κ1) is 14.9. The van der Waals surface area contributed by atoms with Crippen molar-refractivity contribution in [3.63, 3.8) is 0 Å². The van der Waals surface area contributed by atoms with E-state index in [2.05, 4.69) is 85.1 Å². The Morgan fingerprint density at radius 1 is 0.696 bits per heavy atom. The molecule has 2 heterocycles. The molecule has 0 aliphatic carbocycles. The van der Waals surface area contributed by atoms with Gasteiger partial charge in [0, 0.05) is 36.0 Å². The molecule has 0 saturated carbocycles. The monoisotopic (exact) mass is 306 g/mol. The summed E-state index contributed by atoms with van der Waals surface area (Å²) >= 11 is 0. The molecule has 2 heteroatoms. The number of hydrogen-bond acceptors (Lipinski definition) is 2. The molecule has 2 aliphatic heterocycles. The van der Waals surface area contributed by atoms with Crippen LogP contribution in [0.4, 0.5) is 0 Å². The molecule has 4 atom stereocenters. The third kappa shape index (κ3) is 2.50. The Labute approximate surface area is 139 Å². The second-order valence-electron chi connectivity index (χ2n) is 7.93. The molecule has 2 aromatic carbocycles. The highest BCUT2D eigenvalue weighted by atomic mass is 15.1. The molecule has 120 valence electrons. The van der Waals surface area contributed by atoms with Crippen LogP contribution in [0.5, 0.6) is 0 Å². The highest BCUT2D eigenvalue weighted by Gasteiger charge is 2.52. The Morgan fingerprint density at radius 3 is 1.48 bits per heavy atom. The summed E-state index contributed by atoms with van der Waals surface area (Å²) in [7, 11) is 0. The zero-order valence-corrected chi connectivity index (χ0v) is 14.0. The molecule has 0 spiro atoms. The van der Waals surface area contributed by atoms with Crippen molar-refractivity contribution < 1.29 is 0 Å². The summed E-state index contributed by atoms with van der Waals surface area (Å²) in [6.45, 7) is 6.97. The van der Waals surface area contributed by atoms with Gasteiger partial charge < -0.3 is 10.6 Å². The first-order valence-electron chi connectivity index (χ1n) is 8.67. The molecule has 2 aromatic rings. The van der Waals surface area contributed by atoms with Crippen molar-refractivity contribution in [2.45, 2.75) is 32.4 Å². The lowest BCUT2D eigenvalue weighted by Gasteiger charge is -2.58. The smallest absolute Gasteiger partial charge is 0.0387 e. The van der Waals surface area contributed by atoms with E-state index in [1.54, 1.807) is 0 Å². The van der Waals surface area contributed by atoms with Gasteiger partial charge in [0.2, 0.25) is 0 Å². The van der Waals surface area contributed by atoms with Gasteiger partial charge in [0.05, 0.1) is 0 Å². The van der Waals surface area contributed by atoms with Gasteiger partial charge in [-0.3, -0.25) is 0 Å². The summed E-state index contributed by atoms with van der Waals surface area (Å²) in [5, 5.41) is 7.76. The summed E-state index contributed by atoms with van der Waals surface area (Å²) in [6, 6.07) is 22.7. The van der Waals surface area contributed by atoms with E-state index in [1.807, 2.05) is 0 Å². The number of piperidine rings is 2. The molecule has 2 bridgehead atoms. The van der Waals surface area contributed by atoms with E-state index < -0.39 is 0 Å². The molecule has 2 fully saturated rings. The Balaban J connectivity index is 1.64. The Hall–Kier alpha value is -1.64. The summed E-state index contributed by atoms with van der Waals surface area (Å²) in [4.78, 5) is 0. The molecule has 2 nitrogen and oxygen atoms in total. The third-order valence-corrected chi connectivity index (χ3v) is 5.89. The first-order valence-corrected chi connectivity index (χ1v) is 8.67. The average molecular weight is 306 g/mol. The van der Waals surface area contributed by atoms with Crippen molar-refractivity contribution in [3.8, 4) is 0 Å². The van der Waals surface area contributed by atoms with Crippen LogP contribution in [0.3, 0.4) is 0 Å². The lowest BCUT2D eigenvalue weighted by atomic mass is 9.58. The standard InChI is InChI=1S/C21H26N2/c1-20-13-21(2,15-23-18(20)16-9-5-3-6-10-16)19(22-14-20)17-11-7-4-8-12-17/h3-12,18-19,22-23H,13-15H2,1-2H3/t18-,19?,20+,21?/m0/s1. The number of benzene rings is 2. The highest BCUT2D eigenvalue weighted by molar-refractivity contribution is 5.28. The van der Waals surface area contributed by atoms with Crippen LogP contribution < -0.4 is 10.6 Å². The SMILES string of the molecule is CC12CN[C@@H](c3ccccc3)[C@@](C)(CNC1c1ccccc1)C2. The first-order chi connectivity index (χ1) is 11.1. The van der Waals surface area contributed by atoms with Crippen LogP contribution in [-0.2, 0) is 0 Å². The van der Waals surface area contributed by atoms with Crippen LogP contribution in [0.1, 0.15) is 43.5 Å². The van der Waals surface area contributed by atoms with E-state index in [1.165, 1.54) is 17.5 Å². The second kappa shape index (κ2) is 5.47. The van der Waals surface area contributed by atoms with E-state index >= 15 is 0 Å². The topological polar surface area (TPSA) is 24.1 Å². The van der Waals surface area contributed by atoms with Crippen LogP contribution in [0.25, 0.3) is 0 Å². The van der Waals surface area contributed by atoms with Gasteiger partial charge in [0.15, 0.2) is 0 Å². The van der Waals surface area contributed by atoms with Crippen LogP contribution in [0.15, 0.2) is 60.7 Å². The van der Waals surface area contributed by atoms with Gasteiger partial charge in [-0.2, -0.15) is 0 Å². The van der Waals surface area contributed by atoms with Gasteiger partial charge in [-0.25, -0.2) is 0 Å². The van der Waals surface area contributed by atoms with Gasteiger partial charge in [0.1, 0.15) is 0 Å². The van der Waals surface area contributed by atoms with Crippen molar-refractivity contribution in [1.29, 1.82) is 0 Å². The number of fused-ring (bicyclic) bond motifs is 2. The Bertz CT molecular complexity index is 609. The molecule has 23 heavy (non-hydrogen) atoms. The van der Waals surface area contributed by atoms with E-state index in [0.29, 0.717) is 12.1 Å².